The number of rotatable bonds is 1. The van der Waals surface area contributed by atoms with Crippen LogP contribution in [0, 0.1) is 27.7 Å². The summed E-state index contributed by atoms with van der Waals surface area (Å²) in [5, 5.41) is 9.82. The van der Waals surface area contributed by atoms with Crippen LogP contribution in [-0.4, -0.2) is 18.4 Å². The number of para-hydroxylation sites is 1. The molecule has 0 N–H and O–H groups in total. The van der Waals surface area contributed by atoms with Crippen molar-refractivity contribution in [3.8, 4) is 5.69 Å². The Hall–Kier alpha value is -6.39. The second-order valence-electron chi connectivity index (χ2n) is 14.4. The zero-order valence-corrected chi connectivity index (χ0v) is 29.0. The van der Waals surface area contributed by atoms with E-state index in [2.05, 4.69) is 175 Å². The number of aromatic nitrogens is 4. The summed E-state index contributed by atoms with van der Waals surface area (Å²) in [7, 11) is 0. The van der Waals surface area contributed by atoms with Crippen LogP contribution in [0.15, 0.2) is 133 Å². The lowest BCUT2D eigenvalue weighted by Gasteiger charge is -2.10. The molecule has 0 spiro atoms. The summed E-state index contributed by atoms with van der Waals surface area (Å²) < 4.78 is 7.26. The molecule has 7 aromatic carbocycles. The normalized spacial score (nSPS) is 12.3. The average molecular weight is 655 g/mol. The first-order chi connectivity index (χ1) is 24.9. The molecule has 0 atom stereocenters. The molecule has 242 valence electrons. The third-order valence-corrected chi connectivity index (χ3v) is 11.0. The van der Waals surface area contributed by atoms with Crippen LogP contribution >= 0.6 is 0 Å². The zero-order chi connectivity index (χ0) is 34.1. The van der Waals surface area contributed by atoms with Gasteiger partial charge in [-0.1, -0.05) is 90.5 Å². The van der Waals surface area contributed by atoms with Gasteiger partial charge in [0.25, 0.3) is 0 Å². The number of imidazole rings is 2. The fraction of sp³-hybridized carbons (Fsp3) is 0.0851. The highest BCUT2D eigenvalue weighted by Crippen LogP contribution is 2.41. The SMILES string of the molecule is Cc1ccc2c(c1)c1cc(-n3c4ccc(C)cc4n4c5cc(C)cc(C)c5nc34)cc3c4ccccc4c4ccccc4c4ccccc4n2c31. The van der Waals surface area contributed by atoms with Crippen LogP contribution < -0.4 is 0 Å². The Morgan fingerprint density at radius 2 is 0.941 bits per heavy atom. The summed E-state index contributed by atoms with van der Waals surface area (Å²) in [6, 6.07) is 49.7. The first-order valence-electron chi connectivity index (χ1n) is 17.7. The molecule has 0 unspecified atom stereocenters. The molecule has 0 amide bonds. The van der Waals surface area contributed by atoms with E-state index < -0.39 is 0 Å². The highest BCUT2D eigenvalue weighted by molar-refractivity contribution is 6.25. The Bertz CT molecular complexity index is 3350. The molecule has 0 saturated carbocycles. The van der Waals surface area contributed by atoms with Crippen LogP contribution in [0.4, 0.5) is 0 Å². The third kappa shape index (κ3) is 3.82. The summed E-state index contributed by atoms with van der Waals surface area (Å²) >= 11 is 0. The van der Waals surface area contributed by atoms with Crippen molar-refractivity contribution in [2.45, 2.75) is 27.7 Å². The van der Waals surface area contributed by atoms with Crippen LogP contribution in [0.3, 0.4) is 0 Å². The van der Waals surface area contributed by atoms with E-state index in [-0.39, 0.29) is 0 Å². The minimum atomic E-state index is 0.929. The van der Waals surface area contributed by atoms with Crippen molar-refractivity contribution in [3.63, 3.8) is 0 Å². The van der Waals surface area contributed by atoms with Crippen molar-refractivity contribution >= 4 is 87.5 Å². The number of nitrogens with zero attached hydrogens (tertiary/aromatic N) is 4. The fourth-order valence-electron chi connectivity index (χ4n) is 8.90. The van der Waals surface area contributed by atoms with Gasteiger partial charge in [-0.25, -0.2) is 4.98 Å². The number of benzene rings is 7. The highest BCUT2D eigenvalue weighted by Gasteiger charge is 2.22. The first-order valence-corrected chi connectivity index (χ1v) is 17.7. The molecule has 0 aliphatic heterocycles. The Labute approximate surface area is 294 Å². The van der Waals surface area contributed by atoms with Gasteiger partial charge >= 0.3 is 0 Å². The van der Waals surface area contributed by atoms with Gasteiger partial charge in [0.1, 0.15) is 0 Å². The van der Waals surface area contributed by atoms with Crippen molar-refractivity contribution in [1.29, 1.82) is 0 Å². The van der Waals surface area contributed by atoms with Gasteiger partial charge in [0, 0.05) is 21.5 Å². The summed E-state index contributed by atoms with van der Waals surface area (Å²) in [5.74, 6) is 0.929. The maximum atomic E-state index is 5.40. The maximum Gasteiger partial charge on any atom is 0.220 e. The molecule has 0 radical (unpaired) electrons. The van der Waals surface area contributed by atoms with Gasteiger partial charge in [-0.05, 0) is 114 Å². The van der Waals surface area contributed by atoms with Gasteiger partial charge in [0.15, 0.2) is 0 Å². The molecule has 4 aromatic heterocycles. The molecule has 4 heteroatoms. The highest BCUT2D eigenvalue weighted by atomic mass is 15.2. The topological polar surface area (TPSA) is 26.6 Å². The minimum Gasteiger partial charge on any atom is -0.308 e. The second kappa shape index (κ2) is 10.1. The lowest BCUT2D eigenvalue weighted by molar-refractivity contribution is 1.11. The molecule has 0 bridgehead atoms. The van der Waals surface area contributed by atoms with Gasteiger partial charge in [0.05, 0.1) is 44.3 Å². The zero-order valence-electron chi connectivity index (χ0n) is 29.0. The lowest BCUT2D eigenvalue weighted by atomic mass is 10.00. The molecular formula is C47H34N4. The van der Waals surface area contributed by atoms with Gasteiger partial charge < -0.3 is 4.40 Å². The van der Waals surface area contributed by atoms with Gasteiger partial charge in [-0.2, -0.15) is 0 Å². The molecule has 11 rings (SSSR count). The molecule has 0 aliphatic carbocycles. The summed E-state index contributed by atoms with van der Waals surface area (Å²) in [4.78, 5) is 5.40. The molecule has 0 saturated heterocycles. The van der Waals surface area contributed by atoms with E-state index >= 15 is 0 Å². The van der Waals surface area contributed by atoms with E-state index in [1.165, 1.54) is 87.4 Å². The number of aryl methyl sites for hydroxylation is 4. The second-order valence-corrected chi connectivity index (χ2v) is 14.4. The summed E-state index contributed by atoms with van der Waals surface area (Å²) in [5.41, 5.74) is 14.1. The molecular weight excluding hydrogens is 621 g/mol. The van der Waals surface area contributed by atoms with E-state index in [1.54, 1.807) is 0 Å². The Kier molecular flexibility index (Phi) is 5.63. The van der Waals surface area contributed by atoms with Crippen molar-refractivity contribution in [1.82, 2.24) is 18.4 Å². The maximum absolute atomic E-state index is 5.40. The van der Waals surface area contributed by atoms with Gasteiger partial charge in [0.2, 0.25) is 5.78 Å². The van der Waals surface area contributed by atoms with Gasteiger partial charge in [-0.15, -0.1) is 0 Å². The van der Waals surface area contributed by atoms with Crippen molar-refractivity contribution in [2.75, 3.05) is 0 Å². The Morgan fingerprint density at radius 3 is 1.67 bits per heavy atom. The lowest BCUT2D eigenvalue weighted by Crippen LogP contribution is -1.96. The molecule has 4 heterocycles. The fourth-order valence-corrected chi connectivity index (χ4v) is 8.90. The van der Waals surface area contributed by atoms with Crippen LogP contribution in [0.25, 0.3) is 93.2 Å². The molecule has 51 heavy (non-hydrogen) atoms. The molecule has 0 aliphatic rings. The summed E-state index contributed by atoms with van der Waals surface area (Å²) in [6.07, 6.45) is 0. The quantitative estimate of drug-likeness (QED) is 0.173. The monoisotopic (exact) mass is 654 g/mol. The van der Waals surface area contributed by atoms with Crippen molar-refractivity contribution in [2.24, 2.45) is 0 Å². The Balaban J connectivity index is 1.45. The van der Waals surface area contributed by atoms with E-state index in [0.29, 0.717) is 0 Å². The van der Waals surface area contributed by atoms with Gasteiger partial charge in [-0.3, -0.25) is 8.97 Å². The van der Waals surface area contributed by atoms with Crippen molar-refractivity contribution < 1.29 is 0 Å². The Morgan fingerprint density at radius 1 is 0.392 bits per heavy atom. The largest absolute Gasteiger partial charge is 0.308 e. The number of hydrogen-bond acceptors (Lipinski definition) is 1. The number of fused-ring (bicyclic) bond motifs is 15. The van der Waals surface area contributed by atoms with E-state index in [0.717, 1.165) is 28.0 Å². The predicted molar refractivity (Wildman–Crippen MR) is 216 cm³/mol. The predicted octanol–water partition coefficient (Wildman–Crippen LogP) is 12.2. The van der Waals surface area contributed by atoms with E-state index in [1.807, 2.05) is 0 Å². The van der Waals surface area contributed by atoms with Crippen LogP contribution in [-0.2, 0) is 0 Å². The first kappa shape index (κ1) is 28.4. The van der Waals surface area contributed by atoms with Crippen LogP contribution in [0.1, 0.15) is 22.3 Å². The average Bonchev–Trinajstić information content (AvgIpc) is 3.78. The summed E-state index contributed by atoms with van der Waals surface area (Å²) in [6.45, 7) is 8.72. The standard InChI is InChI=1S/C47H34N4/c1-27-17-19-41-37(22-27)39-26-31(49-42-20-18-28(2)23-43(42)51-44-24-29(3)21-30(4)45(44)48-47(49)51)25-38-35-14-8-6-12-33(35)32-11-5-7-13-34(32)36-15-9-10-16-40(36)50(41)46(38)39/h5-26H,1-4H3. The third-order valence-electron chi connectivity index (χ3n) is 11.0. The van der Waals surface area contributed by atoms with E-state index in [9.17, 15) is 0 Å². The smallest absolute Gasteiger partial charge is 0.220 e. The van der Waals surface area contributed by atoms with Crippen LogP contribution in [0.2, 0.25) is 0 Å². The molecule has 0 fully saturated rings. The van der Waals surface area contributed by atoms with E-state index in [4.69, 9.17) is 4.98 Å². The van der Waals surface area contributed by atoms with Crippen molar-refractivity contribution in [3.05, 3.63) is 156 Å². The minimum absolute atomic E-state index is 0.929. The number of hydrogen-bond donors (Lipinski definition) is 0. The molecule has 4 nitrogen and oxygen atoms in total. The van der Waals surface area contributed by atoms with Crippen LogP contribution in [0.5, 0.6) is 0 Å². The molecule has 11 aromatic rings.